The van der Waals surface area contributed by atoms with Crippen molar-refractivity contribution in [2.75, 3.05) is 13.2 Å². The van der Waals surface area contributed by atoms with Crippen molar-refractivity contribution in [3.8, 4) is 0 Å². The fourth-order valence-corrected chi connectivity index (χ4v) is 1.73. The number of nitrogens with zero attached hydrogens (tertiary/aromatic N) is 2. The van der Waals surface area contributed by atoms with Crippen LogP contribution in [0.15, 0.2) is 9.98 Å². The van der Waals surface area contributed by atoms with Gasteiger partial charge in [-0.3, -0.25) is 0 Å². The molecule has 0 saturated heterocycles. The van der Waals surface area contributed by atoms with Gasteiger partial charge in [0.15, 0.2) is 11.8 Å². The molecular formula is C12H20N2O2. The molecule has 0 aliphatic carbocycles. The fraction of sp³-hybridized carbons (Fsp3) is 0.833. The van der Waals surface area contributed by atoms with Crippen molar-refractivity contribution in [3.63, 3.8) is 0 Å². The average molecular weight is 224 g/mol. The molecule has 2 rings (SSSR count). The first-order valence-corrected chi connectivity index (χ1v) is 5.84. The molecule has 0 fully saturated rings. The van der Waals surface area contributed by atoms with E-state index in [1.54, 1.807) is 0 Å². The van der Waals surface area contributed by atoms with Crippen LogP contribution in [0.2, 0.25) is 0 Å². The van der Waals surface area contributed by atoms with Crippen molar-refractivity contribution >= 4 is 11.8 Å². The third-order valence-corrected chi connectivity index (χ3v) is 2.87. The molecule has 0 spiro atoms. The Hall–Kier alpha value is -1.06. The van der Waals surface area contributed by atoms with Gasteiger partial charge in [-0.2, -0.15) is 0 Å². The summed E-state index contributed by atoms with van der Waals surface area (Å²) in [5.74, 6) is 1.54. The van der Waals surface area contributed by atoms with Gasteiger partial charge in [-0.05, 0) is 12.3 Å². The summed E-state index contributed by atoms with van der Waals surface area (Å²) < 4.78 is 11.0. The Morgan fingerprint density at radius 2 is 1.75 bits per heavy atom. The maximum Gasteiger partial charge on any atom is 0.193 e. The molecule has 16 heavy (non-hydrogen) atoms. The summed E-state index contributed by atoms with van der Waals surface area (Å²) in [6.45, 7) is 9.95. The van der Waals surface area contributed by atoms with Crippen LogP contribution in [-0.4, -0.2) is 37.1 Å². The normalized spacial score (nSPS) is 29.5. The third kappa shape index (κ3) is 2.54. The standard InChI is InChI=1S/C12H20N2O2/c1-8-6-15-10(13-8)5-11-14-9(7-16-11)12(2,3)4/h8-9H,5-7H2,1-4H3. The first-order chi connectivity index (χ1) is 7.45. The fourth-order valence-electron chi connectivity index (χ4n) is 1.73. The van der Waals surface area contributed by atoms with Crippen molar-refractivity contribution in [1.29, 1.82) is 0 Å². The second-order valence-corrected chi connectivity index (χ2v) is 5.58. The van der Waals surface area contributed by atoms with Gasteiger partial charge in [-0.15, -0.1) is 0 Å². The van der Waals surface area contributed by atoms with Crippen LogP contribution in [0.5, 0.6) is 0 Å². The zero-order valence-corrected chi connectivity index (χ0v) is 10.5. The maximum absolute atomic E-state index is 5.58. The van der Waals surface area contributed by atoms with E-state index in [0.717, 1.165) is 11.8 Å². The highest BCUT2D eigenvalue weighted by Crippen LogP contribution is 2.26. The summed E-state index contributed by atoms with van der Waals surface area (Å²) in [6.07, 6.45) is 0.608. The van der Waals surface area contributed by atoms with E-state index in [0.29, 0.717) is 19.6 Å². The van der Waals surface area contributed by atoms with Crippen LogP contribution in [0.3, 0.4) is 0 Å². The first-order valence-electron chi connectivity index (χ1n) is 5.84. The molecule has 0 bridgehead atoms. The molecular weight excluding hydrogens is 204 g/mol. The van der Waals surface area contributed by atoms with Crippen molar-refractivity contribution in [2.45, 2.75) is 46.2 Å². The molecule has 0 aromatic heterocycles. The predicted octanol–water partition coefficient (Wildman–Crippen LogP) is 2.04. The minimum absolute atomic E-state index is 0.160. The molecule has 0 radical (unpaired) electrons. The predicted molar refractivity (Wildman–Crippen MR) is 64.1 cm³/mol. The molecule has 0 aromatic carbocycles. The lowest BCUT2D eigenvalue weighted by atomic mass is 9.88. The van der Waals surface area contributed by atoms with Gasteiger partial charge in [-0.1, -0.05) is 20.8 Å². The van der Waals surface area contributed by atoms with Crippen LogP contribution < -0.4 is 0 Å². The Morgan fingerprint density at radius 1 is 1.12 bits per heavy atom. The molecule has 0 saturated carbocycles. The van der Waals surface area contributed by atoms with Crippen molar-refractivity contribution in [2.24, 2.45) is 15.4 Å². The van der Waals surface area contributed by atoms with Crippen molar-refractivity contribution in [1.82, 2.24) is 0 Å². The molecule has 2 aliphatic heterocycles. The van der Waals surface area contributed by atoms with E-state index in [-0.39, 0.29) is 17.5 Å². The number of ether oxygens (including phenoxy) is 2. The molecule has 2 aliphatic rings. The largest absolute Gasteiger partial charge is 0.478 e. The Kier molecular flexibility index (Phi) is 2.91. The van der Waals surface area contributed by atoms with Gasteiger partial charge >= 0.3 is 0 Å². The highest BCUT2D eigenvalue weighted by atomic mass is 16.5. The van der Waals surface area contributed by atoms with Gasteiger partial charge in [0.05, 0.1) is 18.5 Å². The maximum atomic E-state index is 5.58. The second-order valence-electron chi connectivity index (χ2n) is 5.58. The van der Waals surface area contributed by atoms with Crippen LogP contribution >= 0.6 is 0 Å². The molecule has 4 nitrogen and oxygen atoms in total. The minimum atomic E-state index is 0.160. The molecule has 4 heteroatoms. The van der Waals surface area contributed by atoms with E-state index in [2.05, 4.69) is 30.8 Å². The SMILES string of the molecule is CC1COC(CC2=NC(C(C)(C)C)CO2)=N1. The number of hydrogen-bond donors (Lipinski definition) is 0. The summed E-state index contributed by atoms with van der Waals surface area (Å²) in [5.41, 5.74) is 0.160. The Balaban J connectivity index is 1.95. The first kappa shape index (κ1) is 11.4. The quantitative estimate of drug-likeness (QED) is 0.720. The summed E-state index contributed by atoms with van der Waals surface area (Å²) >= 11 is 0. The van der Waals surface area contributed by atoms with Gasteiger partial charge < -0.3 is 9.47 Å². The van der Waals surface area contributed by atoms with Gasteiger partial charge in [0.25, 0.3) is 0 Å². The van der Waals surface area contributed by atoms with E-state index < -0.39 is 0 Å². The van der Waals surface area contributed by atoms with Crippen LogP contribution in [-0.2, 0) is 9.47 Å². The van der Waals surface area contributed by atoms with Crippen LogP contribution in [0.1, 0.15) is 34.1 Å². The van der Waals surface area contributed by atoms with Crippen molar-refractivity contribution < 1.29 is 9.47 Å². The summed E-state index contributed by atoms with van der Waals surface area (Å²) in [5, 5.41) is 0. The molecule has 2 heterocycles. The Bertz CT molecular complexity index is 328. The Morgan fingerprint density at radius 3 is 2.25 bits per heavy atom. The average Bonchev–Trinajstić information content (AvgIpc) is 2.74. The molecule has 0 amide bonds. The number of rotatable bonds is 2. The smallest absolute Gasteiger partial charge is 0.193 e. The number of hydrogen-bond acceptors (Lipinski definition) is 4. The number of aliphatic imine (C=N–C) groups is 2. The van der Waals surface area contributed by atoms with E-state index in [4.69, 9.17) is 9.47 Å². The van der Waals surface area contributed by atoms with Crippen molar-refractivity contribution in [3.05, 3.63) is 0 Å². The van der Waals surface area contributed by atoms with E-state index >= 15 is 0 Å². The molecule has 90 valence electrons. The second kappa shape index (κ2) is 4.07. The molecule has 0 aromatic rings. The highest BCUT2D eigenvalue weighted by molar-refractivity contribution is 5.98. The van der Waals surface area contributed by atoms with Gasteiger partial charge in [0.1, 0.15) is 13.2 Å². The third-order valence-electron chi connectivity index (χ3n) is 2.87. The minimum Gasteiger partial charge on any atom is -0.478 e. The Labute approximate surface area is 96.8 Å². The topological polar surface area (TPSA) is 43.2 Å². The zero-order chi connectivity index (χ0) is 11.8. The lowest BCUT2D eigenvalue weighted by molar-refractivity contribution is 0.233. The van der Waals surface area contributed by atoms with E-state index in [1.807, 2.05) is 6.92 Å². The highest BCUT2D eigenvalue weighted by Gasteiger charge is 2.31. The van der Waals surface area contributed by atoms with Gasteiger partial charge in [0.2, 0.25) is 0 Å². The molecule has 2 atom stereocenters. The van der Waals surface area contributed by atoms with Gasteiger partial charge in [-0.25, -0.2) is 9.98 Å². The zero-order valence-electron chi connectivity index (χ0n) is 10.5. The lowest BCUT2D eigenvalue weighted by Gasteiger charge is -2.21. The summed E-state index contributed by atoms with van der Waals surface area (Å²) in [4.78, 5) is 8.95. The van der Waals surface area contributed by atoms with Crippen LogP contribution in [0, 0.1) is 5.41 Å². The van der Waals surface area contributed by atoms with E-state index in [1.165, 1.54) is 0 Å². The molecule has 0 N–H and O–H groups in total. The van der Waals surface area contributed by atoms with Gasteiger partial charge in [0, 0.05) is 0 Å². The van der Waals surface area contributed by atoms with Crippen LogP contribution in [0.4, 0.5) is 0 Å². The lowest BCUT2D eigenvalue weighted by Crippen LogP contribution is -2.25. The monoisotopic (exact) mass is 224 g/mol. The summed E-state index contributed by atoms with van der Waals surface area (Å²) in [7, 11) is 0. The van der Waals surface area contributed by atoms with Crippen LogP contribution in [0.25, 0.3) is 0 Å². The van der Waals surface area contributed by atoms with E-state index in [9.17, 15) is 0 Å². The molecule has 2 unspecified atom stereocenters. The summed E-state index contributed by atoms with van der Waals surface area (Å²) in [6, 6.07) is 0.525.